The van der Waals surface area contributed by atoms with Gasteiger partial charge in [0.2, 0.25) is 5.91 Å². The van der Waals surface area contributed by atoms with Crippen molar-refractivity contribution in [1.29, 1.82) is 0 Å². The third kappa shape index (κ3) is 5.80. The summed E-state index contributed by atoms with van der Waals surface area (Å²) in [5, 5.41) is 0. The van der Waals surface area contributed by atoms with Crippen LogP contribution in [0.4, 0.5) is 5.82 Å². The van der Waals surface area contributed by atoms with Gasteiger partial charge in [0.1, 0.15) is 5.82 Å². The fourth-order valence-corrected chi connectivity index (χ4v) is 6.60. The van der Waals surface area contributed by atoms with Crippen molar-refractivity contribution in [2.45, 2.75) is 44.8 Å². The minimum absolute atomic E-state index is 0.0721. The van der Waals surface area contributed by atoms with Gasteiger partial charge in [0.25, 0.3) is 0 Å². The summed E-state index contributed by atoms with van der Waals surface area (Å²) in [6.45, 7) is 8.96. The van der Waals surface area contributed by atoms with Gasteiger partial charge in [-0.15, -0.1) is 0 Å². The number of aromatic nitrogens is 3. The van der Waals surface area contributed by atoms with Crippen molar-refractivity contribution < 1.29 is 9.53 Å². The van der Waals surface area contributed by atoms with Crippen LogP contribution in [-0.4, -0.2) is 93.8 Å². The zero-order chi connectivity index (χ0) is 27.5. The molecule has 214 valence electrons. The molecule has 40 heavy (non-hydrogen) atoms. The number of fused-ring (bicyclic) bond motifs is 1. The largest absolute Gasteiger partial charge is 0.384 e. The monoisotopic (exact) mass is 547 g/mol. The summed E-state index contributed by atoms with van der Waals surface area (Å²) < 4.78 is 9.42. The van der Waals surface area contributed by atoms with Gasteiger partial charge in [0.15, 0.2) is 0 Å². The number of nitrogen functional groups attached to an aromatic ring is 1. The average Bonchev–Trinajstić information content (AvgIpc) is 3.28. The van der Waals surface area contributed by atoms with Gasteiger partial charge >= 0.3 is 5.69 Å². The number of hydrogen-bond acceptors (Lipinski definition) is 7. The summed E-state index contributed by atoms with van der Waals surface area (Å²) in [5.41, 5.74) is 8.93. The van der Waals surface area contributed by atoms with Gasteiger partial charge in [-0.3, -0.25) is 23.7 Å². The van der Waals surface area contributed by atoms with Gasteiger partial charge in [0.05, 0.1) is 24.2 Å². The first-order chi connectivity index (χ1) is 19.6. The summed E-state index contributed by atoms with van der Waals surface area (Å²) in [6.07, 6.45) is 5.23. The maximum absolute atomic E-state index is 13.7. The molecule has 1 amide bonds. The standard InChI is InChI=1S/C30H41N7O3/c31-28-6-5-23(21-32-28)22-34-11-7-24(8-12-34)29(38)35-13-9-25(10-14-35)37-27-4-2-1-3-26(27)36(30(37)39)16-15-33-17-19-40-20-18-33/h1-6,21,24-25H,7-20,22H2,(H2,31,32). The number of nitrogens with two attached hydrogens (primary N) is 1. The molecule has 0 saturated carbocycles. The number of piperidine rings is 2. The predicted molar refractivity (Wildman–Crippen MR) is 155 cm³/mol. The highest BCUT2D eigenvalue weighted by atomic mass is 16.5. The van der Waals surface area contributed by atoms with Gasteiger partial charge < -0.3 is 15.4 Å². The highest BCUT2D eigenvalue weighted by Crippen LogP contribution is 2.28. The number of imidazole rings is 1. The Bertz CT molecular complexity index is 1350. The highest BCUT2D eigenvalue weighted by Gasteiger charge is 2.32. The number of carbonyl (C=O) groups is 1. The molecule has 2 aromatic heterocycles. The van der Waals surface area contributed by atoms with Crippen LogP contribution in [0.1, 0.15) is 37.3 Å². The van der Waals surface area contributed by atoms with Crippen LogP contribution in [-0.2, 0) is 22.6 Å². The molecule has 0 spiro atoms. The van der Waals surface area contributed by atoms with Crippen LogP contribution >= 0.6 is 0 Å². The van der Waals surface area contributed by atoms with Crippen molar-refractivity contribution in [3.05, 3.63) is 58.6 Å². The van der Waals surface area contributed by atoms with Crippen molar-refractivity contribution in [3.8, 4) is 0 Å². The first kappa shape index (κ1) is 27.0. The fourth-order valence-electron chi connectivity index (χ4n) is 6.60. The molecule has 0 atom stereocenters. The number of likely N-dealkylation sites (tertiary alicyclic amines) is 2. The van der Waals surface area contributed by atoms with Crippen LogP contribution in [0.5, 0.6) is 0 Å². The Hall–Kier alpha value is -3.21. The molecule has 10 heteroatoms. The van der Waals surface area contributed by atoms with Crippen LogP contribution in [0, 0.1) is 5.92 Å². The lowest BCUT2D eigenvalue weighted by Crippen LogP contribution is -2.46. The van der Waals surface area contributed by atoms with Crippen LogP contribution in [0.3, 0.4) is 0 Å². The number of benzene rings is 1. The molecular weight excluding hydrogens is 506 g/mol. The lowest BCUT2D eigenvalue weighted by atomic mass is 9.93. The molecule has 10 nitrogen and oxygen atoms in total. The molecule has 3 saturated heterocycles. The molecule has 6 rings (SSSR count). The first-order valence-electron chi connectivity index (χ1n) is 14.8. The molecule has 3 aliphatic rings. The van der Waals surface area contributed by atoms with Gasteiger partial charge in [-0.25, -0.2) is 9.78 Å². The minimum Gasteiger partial charge on any atom is -0.384 e. The van der Waals surface area contributed by atoms with E-state index in [9.17, 15) is 9.59 Å². The SMILES string of the molecule is Nc1ccc(CN2CCC(C(=O)N3CCC(n4c(=O)n(CCN5CCOCC5)c5ccccc54)CC3)CC2)cn1. The topological polar surface area (TPSA) is 102 Å². The molecule has 0 unspecified atom stereocenters. The number of nitrogens with zero attached hydrogens (tertiary/aromatic N) is 6. The Morgan fingerprint density at radius 3 is 2.30 bits per heavy atom. The highest BCUT2D eigenvalue weighted by molar-refractivity contribution is 5.79. The second kappa shape index (κ2) is 12.1. The average molecular weight is 548 g/mol. The van der Waals surface area contributed by atoms with E-state index in [4.69, 9.17) is 10.5 Å². The predicted octanol–water partition coefficient (Wildman–Crippen LogP) is 2.19. The number of para-hydroxylation sites is 2. The maximum atomic E-state index is 13.7. The van der Waals surface area contributed by atoms with Gasteiger partial charge in [-0.05, 0) is 62.5 Å². The molecule has 1 aromatic carbocycles. The number of carbonyl (C=O) groups excluding carboxylic acids is 1. The van der Waals surface area contributed by atoms with Gasteiger partial charge in [-0.1, -0.05) is 18.2 Å². The quantitative estimate of drug-likeness (QED) is 0.484. The van der Waals surface area contributed by atoms with E-state index in [1.54, 1.807) is 0 Å². The number of pyridine rings is 1. The van der Waals surface area contributed by atoms with Crippen molar-refractivity contribution in [2.24, 2.45) is 5.92 Å². The summed E-state index contributed by atoms with van der Waals surface area (Å²) in [7, 11) is 0. The molecule has 2 N–H and O–H groups in total. The number of rotatable bonds is 7. The van der Waals surface area contributed by atoms with E-state index < -0.39 is 0 Å². The third-order valence-electron chi connectivity index (χ3n) is 8.94. The normalized spacial score (nSPS) is 20.4. The Kier molecular flexibility index (Phi) is 8.17. The van der Waals surface area contributed by atoms with Crippen molar-refractivity contribution in [2.75, 3.05) is 64.8 Å². The Balaban J connectivity index is 1.05. The summed E-state index contributed by atoms with van der Waals surface area (Å²) in [4.78, 5) is 38.1. The minimum atomic E-state index is 0.0721. The molecule has 0 bridgehead atoms. The van der Waals surface area contributed by atoms with E-state index in [-0.39, 0.29) is 23.6 Å². The van der Waals surface area contributed by atoms with E-state index in [2.05, 4.69) is 26.9 Å². The summed E-state index contributed by atoms with van der Waals surface area (Å²) >= 11 is 0. The third-order valence-corrected chi connectivity index (χ3v) is 8.94. The maximum Gasteiger partial charge on any atom is 0.329 e. The fraction of sp³-hybridized carbons (Fsp3) is 0.567. The number of ether oxygens (including phenoxy) is 1. The van der Waals surface area contributed by atoms with E-state index in [1.807, 2.05) is 44.5 Å². The zero-order valence-corrected chi connectivity index (χ0v) is 23.3. The van der Waals surface area contributed by atoms with Crippen LogP contribution in [0.2, 0.25) is 0 Å². The van der Waals surface area contributed by atoms with E-state index in [0.29, 0.717) is 25.5 Å². The molecule has 3 aliphatic heterocycles. The van der Waals surface area contributed by atoms with Crippen LogP contribution in [0.15, 0.2) is 47.4 Å². The smallest absolute Gasteiger partial charge is 0.329 e. The number of anilines is 1. The Morgan fingerprint density at radius 2 is 1.60 bits per heavy atom. The van der Waals surface area contributed by atoms with Crippen LogP contribution < -0.4 is 11.4 Å². The number of hydrogen-bond donors (Lipinski definition) is 1. The lowest BCUT2D eigenvalue weighted by molar-refractivity contribution is -0.138. The molecule has 3 aromatic rings. The zero-order valence-electron chi connectivity index (χ0n) is 23.3. The second-order valence-electron chi connectivity index (χ2n) is 11.4. The van der Waals surface area contributed by atoms with E-state index in [0.717, 1.165) is 94.8 Å². The first-order valence-corrected chi connectivity index (χ1v) is 14.8. The van der Waals surface area contributed by atoms with Gasteiger partial charge in [-0.2, -0.15) is 0 Å². The molecule has 0 aliphatic carbocycles. The Labute approximate surface area is 235 Å². The number of amides is 1. The Morgan fingerprint density at radius 1 is 0.875 bits per heavy atom. The van der Waals surface area contributed by atoms with E-state index >= 15 is 0 Å². The molecular formula is C30H41N7O3. The van der Waals surface area contributed by atoms with Crippen molar-refractivity contribution >= 4 is 22.8 Å². The summed E-state index contributed by atoms with van der Waals surface area (Å²) in [5.74, 6) is 0.908. The molecule has 0 radical (unpaired) electrons. The second-order valence-corrected chi connectivity index (χ2v) is 11.4. The van der Waals surface area contributed by atoms with Crippen molar-refractivity contribution in [1.82, 2.24) is 28.8 Å². The molecule has 3 fully saturated rings. The van der Waals surface area contributed by atoms with Crippen LogP contribution in [0.25, 0.3) is 11.0 Å². The van der Waals surface area contributed by atoms with E-state index in [1.165, 1.54) is 0 Å². The van der Waals surface area contributed by atoms with Gasteiger partial charge in [0, 0.05) is 64.0 Å². The lowest BCUT2D eigenvalue weighted by Gasteiger charge is -2.37. The van der Waals surface area contributed by atoms with Crippen molar-refractivity contribution in [3.63, 3.8) is 0 Å². The number of morpholine rings is 1. The summed E-state index contributed by atoms with van der Waals surface area (Å²) in [6, 6.07) is 12.1. The molecule has 5 heterocycles.